The lowest BCUT2D eigenvalue weighted by molar-refractivity contribution is -0.231. The van der Waals surface area contributed by atoms with Crippen molar-refractivity contribution in [2.45, 2.75) is 38.5 Å². The maximum absolute atomic E-state index is 13.7. The first kappa shape index (κ1) is 26.5. The molecule has 1 saturated carbocycles. The number of benzene rings is 1. The summed E-state index contributed by atoms with van der Waals surface area (Å²) in [6, 6.07) is 8.18. The molecule has 1 aromatic carbocycles. The minimum Gasteiger partial charge on any atom is -0.354 e. The zero-order valence-electron chi connectivity index (χ0n) is 22.4. The van der Waals surface area contributed by atoms with E-state index >= 15 is 0 Å². The number of amides is 1. The van der Waals surface area contributed by atoms with Crippen LogP contribution in [-0.2, 0) is 14.3 Å². The van der Waals surface area contributed by atoms with E-state index in [9.17, 15) is 9.18 Å². The molecule has 40 heavy (non-hydrogen) atoms. The maximum atomic E-state index is 13.7. The highest BCUT2D eigenvalue weighted by atomic mass is 19.1. The summed E-state index contributed by atoms with van der Waals surface area (Å²) in [6.07, 6.45) is 5.80. The first-order valence-electron chi connectivity index (χ1n) is 13.6. The summed E-state index contributed by atoms with van der Waals surface area (Å²) in [5.41, 5.74) is 1.77. The van der Waals surface area contributed by atoms with Gasteiger partial charge in [-0.15, -0.1) is 0 Å². The van der Waals surface area contributed by atoms with Gasteiger partial charge in [-0.1, -0.05) is 0 Å². The van der Waals surface area contributed by atoms with Gasteiger partial charge in [0.2, 0.25) is 18.1 Å². The van der Waals surface area contributed by atoms with E-state index in [4.69, 9.17) is 19.4 Å². The molecule has 12 heteroatoms. The molecule has 210 valence electrons. The van der Waals surface area contributed by atoms with Crippen molar-refractivity contribution < 1.29 is 18.7 Å². The van der Waals surface area contributed by atoms with E-state index in [1.54, 1.807) is 24.4 Å². The average Bonchev–Trinajstić information content (AvgIpc) is 3.43. The van der Waals surface area contributed by atoms with Crippen LogP contribution in [0.1, 0.15) is 38.3 Å². The van der Waals surface area contributed by atoms with Gasteiger partial charge < -0.3 is 25.1 Å². The van der Waals surface area contributed by atoms with Crippen molar-refractivity contribution in [2.75, 3.05) is 44.8 Å². The van der Waals surface area contributed by atoms with Crippen molar-refractivity contribution in [3.8, 4) is 22.6 Å². The van der Waals surface area contributed by atoms with Crippen LogP contribution < -0.4 is 10.6 Å². The molecule has 1 amide bonds. The Labute approximate surface area is 231 Å². The summed E-state index contributed by atoms with van der Waals surface area (Å²) >= 11 is 0. The number of nitrogens with one attached hydrogen (secondary N) is 3. The van der Waals surface area contributed by atoms with E-state index in [2.05, 4.69) is 30.5 Å². The zero-order valence-corrected chi connectivity index (χ0v) is 22.4. The molecular formula is C28H33FN8O3. The molecule has 0 unspecified atom stereocenters. The SMILES string of the molecule is CC1(C(=O)NC2CC2)COC(c2nc(-c3ccc(F)cc3)c(-c3ccnc(NCCCN4CC=NC4)n3)[nH]2)OC1. The molecule has 3 aromatic rings. The third-order valence-electron chi connectivity index (χ3n) is 7.23. The minimum atomic E-state index is -0.788. The maximum Gasteiger partial charge on any atom is 0.230 e. The Bertz CT molecular complexity index is 1360. The number of anilines is 1. The second-order valence-corrected chi connectivity index (χ2v) is 10.7. The standard InChI is InChI=1S/C28H33FN8O3/c1-28(26(38)33-20-7-8-20)15-39-25(40-16-28)24-35-22(18-3-5-19(29)6-4-18)23(36-24)21-9-11-32-27(34-21)31-10-2-13-37-14-12-30-17-37/h3-6,9,11-12,20,25H,2,7-8,10,13-17H2,1H3,(H,33,38)(H,35,36)(H,31,32,34). The van der Waals surface area contributed by atoms with E-state index in [-0.39, 0.29) is 31.0 Å². The van der Waals surface area contributed by atoms with Crippen molar-refractivity contribution in [1.82, 2.24) is 30.2 Å². The highest BCUT2D eigenvalue weighted by Crippen LogP contribution is 2.36. The molecule has 6 rings (SSSR count). The third-order valence-corrected chi connectivity index (χ3v) is 7.23. The van der Waals surface area contributed by atoms with Gasteiger partial charge in [0.05, 0.1) is 42.4 Å². The van der Waals surface area contributed by atoms with Gasteiger partial charge >= 0.3 is 0 Å². The molecule has 1 saturated heterocycles. The Balaban J connectivity index is 1.19. The molecular weight excluding hydrogens is 515 g/mol. The topological polar surface area (TPSA) is 130 Å². The van der Waals surface area contributed by atoms with E-state index in [0.717, 1.165) is 45.6 Å². The number of aromatic nitrogens is 4. The lowest BCUT2D eigenvalue weighted by Gasteiger charge is -2.35. The normalized spacial score (nSPS) is 22.9. The van der Waals surface area contributed by atoms with Gasteiger partial charge in [0.25, 0.3) is 0 Å². The number of H-pyrrole nitrogens is 1. The molecule has 0 atom stereocenters. The number of halogens is 1. The Kier molecular flexibility index (Phi) is 7.55. The molecule has 4 heterocycles. The van der Waals surface area contributed by atoms with Gasteiger partial charge in [-0.25, -0.2) is 19.3 Å². The van der Waals surface area contributed by atoms with Crippen LogP contribution in [0.2, 0.25) is 0 Å². The van der Waals surface area contributed by atoms with Crippen LogP contribution in [0.5, 0.6) is 0 Å². The monoisotopic (exact) mass is 548 g/mol. The number of ether oxygens (including phenoxy) is 2. The predicted octanol–water partition coefficient (Wildman–Crippen LogP) is 3.15. The van der Waals surface area contributed by atoms with Gasteiger partial charge in [-0.05, 0) is 56.5 Å². The fourth-order valence-corrected chi connectivity index (χ4v) is 4.64. The smallest absolute Gasteiger partial charge is 0.230 e. The van der Waals surface area contributed by atoms with E-state index in [1.807, 2.05) is 13.1 Å². The van der Waals surface area contributed by atoms with Crippen LogP contribution >= 0.6 is 0 Å². The Hall–Kier alpha value is -3.74. The molecule has 2 aromatic heterocycles. The summed E-state index contributed by atoms with van der Waals surface area (Å²) in [6.45, 7) is 5.53. The van der Waals surface area contributed by atoms with Crippen LogP contribution in [0, 0.1) is 11.2 Å². The molecule has 0 radical (unpaired) electrons. The number of rotatable bonds is 10. The largest absolute Gasteiger partial charge is 0.354 e. The Morgan fingerprint density at radius 3 is 2.70 bits per heavy atom. The van der Waals surface area contributed by atoms with Gasteiger partial charge in [0.15, 0.2) is 5.82 Å². The molecule has 2 aliphatic heterocycles. The van der Waals surface area contributed by atoms with E-state index in [1.165, 1.54) is 12.1 Å². The first-order chi connectivity index (χ1) is 19.5. The second kappa shape index (κ2) is 11.4. The lowest BCUT2D eigenvalue weighted by Crippen LogP contribution is -2.49. The second-order valence-electron chi connectivity index (χ2n) is 10.7. The summed E-state index contributed by atoms with van der Waals surface area (Å²) < 4.78 is 25.7. The molecule has 0 bridgehead atoms. The predicted molar refractivity (Wildman–Crippen MR) is 147 cm³/mol. The lowest BCUT2D eigenvalue weighted by atomic mass is 9.91. The molecule has 1 aliphatic carbocycles. The van der Waals surface area contributed by atoms with Crippen molar-refractivity contribution >= 4 is 18.1 Å². The highest BCUT2D eigenvalue weighted by Gasteiger charge is 2.42. The van der Waals surface area contributed by atoms with Crippen LogP contribution in [0.15, 0.2) is 41.5 Å². The van der Waals surface area contributed by atoms with E-state index < -0.39 is 11.7 Å². The van der Waals surface area contributed by atoms with Gasteiger partial charge in [-0.2, -0.15) is 0 Å². The number of aromatic amines is 1. The fourth-order valence-electron chi connectivity index (χ4n) is 4.64. The van der Waals surface area contributed by atoms with Crippen molar-refractivity contribution in [3.63, 3.8) is 0 Å². The average molecular weight is 549 g/mol. The van der Waals surface area contributed by atoms with Gasteiger partial charge in [-0.3, -0.25) is 14.7 Å². The number of carbonyl (C=O) groups excluding carboxylic acids is 1. The first-order valence-corrected chi connectivity index (χ1v) is 13.6. The summed E-state index contributed by atoms with van der Waals surface area (Å²) in [5.74, 6) is 0.548. The quantitative estimate of drug-likeness (QED) is 0.330. The Morgan fingerprint density at radius 2 is 1.98 bits per heavy atom. The van der Waals surface area contributed by atoms with Crippen molar-refractivity contribution in [1.29, 1.82) is 0 Å². The summed E-state index contributed by atoms with van der Waals surface area (Å²) in [7, 11) is 0. The van der Waals surface area contributed by atoms with Crippen molar-refractivity contribution in [3.05, 3.63) is 48.2 Å². The van der Waals surface area contributed by atoms with Gasteiger partial charge in [0.1, 0.15) is 5.82 Å². The number of nitrogens with zero attached hydrogens (tertiary/aromatic N) is 5. The zero-order chi connectivity index (χ0) is 27.5. The van der Waals surface area contributed by atoms with Gasteiger partial charge in [0, 0.05) is 43.7 Å². The highest BCUT2D eigenvalue weighted by molar-refractivity contribution is 5.83. The molecule has 11 nitrogen and oxygen atoms in total. The van der Waals surface area contributed by atoms with Crippen LogP contribution in [0.25, 0.3) is 22.6 Å². The third kappa shape index (κ3) is 6.03. The van der Waals surface area contributed by atoms with Crippen molar-refractivity contribution in [2.24, 2.45) is 10.4 Å². The molecule has 2 fully saturated rings. The summed E-state index contributed by atoms with van der Waals surface area (Å²) in [5, 5.41) is 6.33. The van der Waals surface area contributed by atoms with Crippen LogP contribution in [0.3, 0.4) is 0 Å². The molecule has 3 aliphatic rings. The number of imidazole rings is 1. The number of hydrogen-bond donors (Lipinski definition) is 3. The summed E-state index contributed by atoms with van der Waals surface area (Å²) in [4.78, 5) is 36.4. The number of aliphatic imine (C=N–C) groups is 1. The van der Waals surface area contributed by atoms with Crippen LogP contribution in [0.4, 0.5) is 10.3 Å². The Morgan fingerprint density at radius 1 is 1.18 bits per heavy atom. The fraction of sp³-hybridized carbons (Fsp3) is 0.464. The van der Waals surface area contributed by atoms with E-state index in [0.29, 0.717) is 34.4 Å². The number of hydrogen-bond acceptors (Lipinski definition) is 9. The molecule has 0 spiro atoms. The van der Waals surface area contributed by atoms with Crippen LogP contribution in [-0.4, -0.2) is 82.5 Å². The minimum absolute atomic E-state index is 0.0598. The molecule has 3 N–H and O–H groups in total. The number of carbonyl (C=O) groups is 1.